The van der Waals surface area contributed by atoms with Crippen molar-refractivity contribution in [2.24, 2.45) is 0 Å². The number of halogens is 1. The summed E-state index contributed by atoms with van der Waals surface area (Å²) in [6, 6.07) is 20.8. The quantitative estimate of drug-likeness (QED) is 0.106. The number of aromatic nitrogens is 3. The Kier molecular flexibility index (Phi) is 10.2. The maximum absolute atomic E-state index is 12.2. The first kappa shape index (κ1) is 31.4. The Labute approximate surface area is 273 Å². The second kappa shape index (κ2) is 14.6. The zero-order valence-electron chi connectivity index (χ0n) is 23.9. The zero-order valence-corrected chi connectivity index (χ0v) is 26.3. The molecule has 5 aromatic rings. The molecule has 0 atom stereocenters. The number of anilines is 3. The van der Waals surface area contributed by atoms with Gasteiger partial charge >= 0.3 is 11.6 Å². The number of nitrogens with one attached hydrogen (secondary N) is 4. The smallest absolute Gasteiger partial charge is 0.339 e. The highest BCUT2D eigenvalue weighted by molar-refractivity contribution is 7.80. The Bertz CT molecular complexity index is 1920. The van der Waals surface area contributed by atoms with Crippen molar-refractivity contribution < 1.29 is 18.6 Å². The third-order valence-corrected chi connectivity index (χ3v) is 6.93. The van der Waals surface area contributed by atoms with Crippen LogP contribution in [0.1, 0.15) is 5.56 Å². The molecule has 230 valence electrons. The molecule has 12 nitrogen and oxygen atoms in total. The Balaban J connectivity index is 1.34. The minimum atomic E-state index is -0.598. The van der Waals surface area contributed by atoms with Crippen molar-refractivity contribution in [2.45, 2.75) is 6.42 Å². The molecule has 4 N–H and O–H groups in total. The lowest BCUT2D eigenvalue weighted by atomic mass is 10.1. The van der Waals surface area contributed by atoms with Gasteiger partial charge in [0.05, 0.1) is 36.4 Å². The Morgan fingerprint density at radius 1 is 0.822 bits per heavy atom. The number of hydrogen-bond acceptors (Lipinski definition) is 10. The topological polar surface area (TPSA) is 145 Å². The van der Waals surface area contributed by atoms with Gasteiger partial charge < -0.3 is 39.9 Å². The summed E-state index contributed by atoms with van der Waals surface area (Å²) in [5, 5.41) is 13.4. The molecule has 0 saturated carbocycles. The van der Waals surface area contributed by atoms with Crippen LogP contribution >= 0.6 is 36.0 Å². The molecule has 0 bridgehead atoms. The van der Waals surface area contributed by atoms with E-state index in [2.05, 4.69) is 36.2 Å². The normalized spacial score (nSPS) is 10.6. The monoisotopic (exact) mass is 663 g/mol. The molecule has 2 aromatic heterocycles. The number of fused-ring (bicyclic) bond motifs is 1. The summed E-state index contributed by atoms with van der Waals surface area (Å²) >= 11 is 17.2. The van der Waals surface area contributed by atoms with Gasteiger partial charge in [0.2, 0.25) is 11.9 Å². The summed E-state index contributed by atoms with van der Waals surface area (Å²) in [5.74, 6) is 1.57. The molecule has 0 spiro atoms. The lowest BCUT2D eigenvalue weighted by Gasteiger charge is -2.14. The van der Waals surface area contributed by atoms with Crippen LogP contribution in [0.3, 0.4) is 0 Å². The fourth-order valence-corrected chi connectivity index (χ4v) is 4.68. The van der Waals surface area contributed by atoms with Gasteiger partial charge in [0.25, 0.3) is 0 Å². The van der Waals surface area contributed by atoms with Crippen molar-refractivity contribution in [3.05, 3.63) is 93.8 Å². The molecule has 0 unspecified atom stereocenters. The largest absolute Gasteiger partial charge is 0.493 e. The van der Waals surface area contributed by atoms with Crippen LogP contribution in [0.25, 0.3) is 11.0 Å². The molecule has 0 aliphatic rings. The van der Waals surface area contributed by atoms with Crippen LogP contribution in [-0.4, -0.2) is 45.9 Å². The van der Waals surface area contributed by atoms with E-state index < -0.39 is 5.63 Å². The van der Waals surface area contributed by atoms with Crippen molar-refractivity contribution in [3.8, 4) is 23.3 Å². The minimum Gasteiger partial charge on any atom is -0.493 e. The Hall–Kier alpha value is -5.05. The maximum Gasteiger partial charge on any atom is 0.339 e. The van der Waals surface area contributed by atoms with E-state index in [0.29, 0.717) is 46.1 Å². The molecule has 5 rings (SSSR count). The molecule has 0 radical (unpaired) electrons. The first-order valence-electron chi connectivity index (χ1n) is 13.4. The van der Waals surface area contributed by atoms with Crippen LogP contribution in [-0.2, 0) is 6.42 Å². The van der Waals surface area contributed by atoms with Crippen LogP contribution < -0.4 is 41.1 Å². The SMILES string of the molecule is COc1ccc(CCNC(=S)Nc2nc(NC(=S)Nc3ccccc3Cl)nc(Oc3cc(=O)oc4ccccc34)n2)cc1OC. The van der Waals surface area contributed by atoms with Gasteiger partial charge in [-0.2, -0.15) is 15.0 Å². The molecule has 0 aliphatic carbocycles. The van der Waals surface area contributed by atoms with Crippen LogP contribution in [0.15, 0.2) is 82.0 Å². The van der Waals surface area contributed by atoms with Crippen molar-refractivity contribution in [1.29, 1.82) is 0 Å². The molecular weight excluding hydrogens is 638 g/mol. The van der Waals surface area contributed by atoms with Crippen molar-refractivity contribution in [1.82, 2.24) is 20.3 Å². The number of methoxy groups -OCH3 is 2. The second-order valence-corrected chi connectivity index (χ2v) is 10.4. The maximum atomic E-state index is 12.2. The van der Waals surface area contributed by atoms with Gasteiger partial charge in [0, 0.05) is 6.54 Å². The number of para-hydroxylation sites is 2. The van der Waals surface area contributed by atoms with E-state index in [4.69, 9.17) is 54.7 Å². The number of thiocarbonyl (C=S) groups is 2. The molecule has 0 aliphatic heterocycles. The summed E-state index contributed by atoms with van der Waals surface area (Å²) in [6.07, 6.45) is 0.645. The lowest BCUT2D eigenvalue weighted by Crippen LogP contribution is -2.31. The van der Waals surface area contributed by atoms with E-state index >= 15 is 0 Å². The van der Waals surface area contributed by atoms with E-state index in [-0.39, 0.29) is 33.9 Å². The molecular formula is C30H26ClN7O5S2. The van der Waals surface area contributed by atoms with Gasteiger partial charge in [-0.15, -0.1) is 0 Å². The van der Waals surface area contributed by atoms with Crippen LogP contribution in [0.2, 0.25) is 5.02 Å². The van der Waals surface area contributed by atoms with Gasteiger partial charge in [-0.25, -0.2) is 4.79 Å². The number of rotatable bonds is 10. The second-order valence-electron chi connectivity index (χ2n) is 9.17. The van der Waals surface area contributed by atoms with Gasteiger partial charge in [-0.05, 0) is 72.8 Å². The van der Waals surface area contributed by atoms with Gasteiger partial charge in [-0.1, -0.05) is 41.9 Å². The van der Waals surface area contributed by atoms with Gasteiger partial charge in [0.1, 0.15) is 11.3 Å². The highest BCUT2D eigenvalue weighted by atomic mass is 35.5. The highest BCUT2D eigenvalue weighted by Crippen LogP contribution is 2.29. The standard InChI is InChI=1S/C30H26ClN7O5S2/c1-40-22-12-11-17(15-24(22)41-2)13-14-32-29(44)37-26-34-27(38-30(45)33-20-9-5-4-8-19(20)31)36-28(35-26)43-23-16-25(39)42-21-10-6-3-7-18(21)23/h3-12,15-16H,13-14H2,1-2H3,(H4,32,33,34,35,36,37,38,44,45). The molecule has 45 heavy (non-hydrogen) atoms. The molecule has 2 heterocycles. The highest BCUT2D eigenvalue weighted by Gasteiger charge is 2.15. The Morgan fingerprint density at radius 2 is 1.53 bits per heavy atom. The number of benzene rings is 3. The van der Waals surface area contributed by atoms with E-state index in [1.54, 1.807) is 56.7 Å². The van der Waals surface area contributed by atoms with Crippen LogP contribution in [0.4, 0.5) is 17.6 Å². The van der Waals surface area contributed by atoms with Crippen molar-refractivity contribution in [3.63, 3.8) is 0 Å². The summed E-state index contributed by atoms with van der Waals surface area (Å²) < 4.78 is 21.9. The van der Waals surface area contributed by atoms with Gasteiger partial charge in [0.15, 0.2) is 21.7 Å². The molecule has 0 saturated heterocycles. The first-order chi connectivity index (χ1) is 21.8. The van der Waals surface area contributed by atoms with Crippen LogP contribution in [0, 0.1) is 0 Å². The molecule has 3 aromatic carbocycles. The summed E-state index contributed by atoms with van der Waals surface area (Å²) in [5.41, 5.74) is 1.35. The summed E-state index contributed by atoms with van der Waals surface area (Å²) in [7, 11) is 3.17. The average molecular weight is 664 g/mol. The van der Waals surface area contributed by atoms with Gasteiger partial charge in [-0.3, -0.25) is 0 Å². The minimum absolute atomic E-state index is 0.0347. The molecule has 0 amide bonds. The number of nitrogens with zero attached hydrogens (tertiary/aromatic N) is 3. The summed E-state index contributed by atoms with van der Waals surface area (Å²) in [6.45, 7) is 0.498. The molecule has 15 heteroatoms. The Morgan fingerprint density at radius 3 is 2.29 bits per heavy atom. The predicted octanol–water partition coefficient (Wildman–Crippen LogP) is 5.78. The van der Waals surface area contributed by atoms with E-state index in [1.165, 1.54) is 6.07 Å². The summed E-state index contributed by atoms with van der Waals surface area (Å²) in [4.78, 5) is 25.3. The predicted molar refractivity (Wildman–Crippen MR) is 181 cm³/mol. The van der Waals surface area contributed by atoms with Crippen LogP contribution in [0.5, 0.6) is 23.3 Å². The zero-order chi connectivity index (χ0) is 31.8. The average Bonchev–Trinajstić information content (AvgIpc) is 3.02. The fraction of sp³-hybridized carbons (Fsp3) is 0.133. The third kappa shape index (κ3) is 8.32. The van der Waals surface area contributed by atoms with Crippen molar-refractivity contribution in [2.75, 3.05) is 36.7 Å². The first-order valence-corrected chi connectivity index (χ1v) is 14.6. The van der Waals surface area contributed by atoms with E-state index in [9.17, 15) is 4.79 Å². The van der Waals surface area contributed by atoms with E-state index in [1.807, 2.05) is 24.3 Å². The molecule has 0 fully saturated rings. The number of hydrogen-bond donors (Lipinski definition) is 4. The lowest BCUT2D eigenvalue weighted by molar-refractivity contribution is 0.354. The number of ether oxygens (including phenoxy) is 3. The third-order valence-electron chi connectivity index (χ3n) is 6.15. The van der Waals surface area contributed by atoms with Crippen molar-refractivity contribution >= 4 is 74.8 Å². The fourth-order valence-electron chi connectivity index (χ4n) is 4.10. The van der Waals surface area contributed by atoms with E-state index in [0.717, 1.165) is 5.56 Å².